The number of sulfone groups is 1. The molecule has 0 saturated heterocycles. The van der Waals surface area contributed by atoms with Gasteiger partial charge in [-0.2, -0.15) is 0 Å². The minimum Gasteiger partial charge on any atom is -0.488 e. The number of rotatable bonds is 9. The number of aromatic amines is 1. The van der Waals surface area contributed by atoms with Crippen LogP contribution in [0.3, 0.4) is 0 Å². The smallest absolute Gasteiger partial charge is 0.238 e. The molecule has 1 aromatic carbocycles. The van der Waals surface area contributed by atoms with Gasteiger partial charge in [-0.1, -0.05) is 0 Å². The van der Waals surface area contributed by atoms with Gasteiger partial charge in [0.05, 0.1) is 13.2 Å². The third-order valence-electron chi connectivity index (χ3n) is 4.87. The largest absolute Gasteiger partial charge is 0.488 e. The highest BCUT2D eigenvalue weighted by Gasteiger charge is 2.19. The molecular weight excluding hydrogens is 460 g/mol. The molecule has 0 radical (unpaired) electrons. The van der Waals surface area contributed by atoms with E-state index in [4.69, 9.17) is 18.9 Å². The van der Waals surface area contributed by atoms with E-state index in [9.17, 15) is 8.42 Å². The van der Waals surface area contributed by atoms with Crippen molar-refractivity contribution >= 4 is 15.7 Å². The van der Waals surface area contributed by atoms with Crippen LogP contribution in [0.1, 0.15) is 19.5 Å². The number of H-pyrrole nitrogens is 1. The van der Waals surface area contributed by atoms with Crippen LogP contribution >= 0.6 is 0 Å². The molecule has 34 heavy (non-hydrogen) atoms. The number of aliphatic imine (C=N–C) groups is 1. The Balaban J connectivity index is 1.64. The summed E-state index contributed by atoms with van der Waals surface area (Å²) in [5.41, 5.74) is 2.40. The maximum atomic E-state index is 11.6. The Kier molecular flexibility index (Phi) is 6.85. The van der Waals surface area contributed by atoms with Gasteiger partial charge in [0.15, 0.2) is 14.9 Å². The van der Waals surface area contributed by atoms with Crippen molar-refractivity contribution in [2.45, 2.75) is 31.1 Å². The minimum absolute atomic E-state index is 0.0518. The van der Waals surface area contributed by atoms with Gasteiger partial charge in [-0.3, -0.25) is 0 Å². The monoisotopic (exact) mass is 486 g/mol. The molecule has 0 bridgehead atoms. The number of hydrogen-bond acceptors (Lipinski definition) is 9. The molecule has 1 aliphatic rings. The summed E-state index contributed by atoms with van der Waals surface area (Å²) >= 11 is 0. The number of methoxy groups -OCH3 is 1. The minimum atomic E-state index is -3.45. The van der Waals surface area contributed by atoms with Gasteiger partial charge >= 0.3 is 0 Å². The molecule has 180 valence electrons. The molecule has 0 unspecified atom stereocenters. The van der Waals surface area contributed by atoms with Crippen LogP contribution in [0.4, 0.5) is 0 Å². The van der Waals surface area contributed by atoms with E-state index in [1.165, 1.54) is 12.1 Å². The predicted octanol–water partition coefficient (Wildman–Crippen LogP) is 3.25. The van der Waals surface area contributed by atoms with Crippen molar-refractivity contribution < 1.29 is 27.4 Å². The zero-order valence-corrected chi connectivity index (χ0v) is 20.1. The van der Waals surface area contributed by atoms with Gasteiger partial charge in [0.2, 0.25) is 11.8 Å². The van der Waals surface area contributed by atoms with Crippen LogP contribution in [0, 0.1) is 0 Å². The van der Waals surface area contributed by atoms with Crippen LogP contribution in [0.25, 0.3) is 11.3 Å². The lowest BCUT2D eigenvalue weighted by molar-refractivity contribution is 0.0920. The summed E-state index contributed by atoms with van der Waals surface area (Å²) in [5.74, 6) is 1.74. The molecule has 0 aliphatic carbocycles. The van der Waals surface area contributed by atoms with Crippen molar-refractivity contribution in [2.75, 3.05) is 26.5 Å². The Morgan fingerprint density at radius 2 is 1.88 bits per heavy atom. The Bertz CT molecular complexity index is 1290. The lowest BCUT2D eigenvalue weighted by Gasteiger charge is -2.16. The van der Waals surface area contributed by atoms with Crippen molar-refractivity contribution in [1.82, 2.24) is 15.2 Å². The fourth-order valence-electron chi connectivity index (χ4n) is 3.35. The quantitative estimate of drug-likeness (QED) is 0.489. The second-order valence-corrected chi connectivity index (χ2v) is 9.98. The highest BCUT2D eigenvalue weighted by Crippen LogP contribution is 2.32. The Morgan fingerprint density at radius 1 is 1.12 bits per heavy atom. The summed E-state index contributed by atoms with van der Waals surface area (Å²) in [5, 5.41) is 7.48. The number of nitrogens with zero attached hydrogens (tertiary/aromatic N) is 3. The van der Waals surface area contributed by atoms with Gasteiger partial charge in [0.25, 0.3) is 0 Å². The molecule has 0 saturated carbocycles. The summed E-state index contributed by atoms with van der Waals surface area (Å²) in [6.45, 7) is 4.91. The average Bonchev–Trinajstić information content (AvgIpc) is 3.43. The van der Waals surface area contributed by atoms with E-state index in [0.717, 1.165) is 23.2 Å². The lowest BCUT2D eigenvalue weighted by atomic mass is 10.1. The summed E-state index contributed by atoms with van der Waals surface area (Å²) in [4.78, 5) is 7.74. The van der Waals surface area contributed by atoms with E-state index in [1.54, 1.807) is 13.2 Å². The van der Waals surface area contributed by atoms with Crippen LogP contribution < -0.4 is 9.47 Å². The van der Waals surface area contributed by atoms with E-state index < -0.39 is 9.84 Å². The SMILES string of the molecule is COC[C@H](C)Oc1cc(Oc2ccc(S(C)(=O)=O)nn2)cc(-c2ccc(C3=NC[C@H](C)O3)[nH]2)c1. The molecule has 2 aromatic heterocycles. The highest BCUT2D eigenvalue weighted by atomic mass is 32.2. The summed E-state index contributed by atoms with van der Waals surface area (Å²) in [7, 11) is -1.84. The zero-order chi connectivity index (χ0) is 24.3. The topological polar surface area (TPSA) is 125 Å². The number of aromatic nitrogens is 3. The maximum absolute atomic E-state index is 11.6. The summed E-state index contributed by atoms with van der Waals surface area (Å²) < 4.78 is 46.0. The van der Waals surface area contributed by atoms with Gasteiger partial charge < -0.3 is 23.9 Å². The molecule has 10 nitrogen and oxygen atoms in total. The second kappa shape index (κ2) is 9.82. The van der Waals surface area contributed by atoms with Crippen LogP contribution in [-0.2, 0) is 19.3 Å². The lowest BCUT2D eigenvalue weighted by Crippen LogP contribution is -2.17. The molecule has 0 fully saturated rings. The van der Waals surface area contributed by atoms with Crippen molar-refractivity contribution in [3.63, 3.8) is 0 Å². The van der Waals surface area contributed by atoms with Gasteiger partial charge in [0, 0.05) is 36.8 Å². The van der Waals surface area contributed by atoms with Crippen LogP contribution in [-0.4, -0.2) is 68.2 Å². The van der Waals surface area contributed by atoms with E-state index in [-0.39, 0.29) is 23.1 Å². The van der Waals surface area contributed by atoms with E-state index >= 15 is 0 Å². The molecule has 3 aromatic rings. The van der Waals surface area contributed by atoms with E-state index in [1.807, 2.05) is 38.1 Å². The second-order valence-electron chi connectivity index (χ2n) is 8.02. The van der Waals surface area contributed by atoms with Gasteiger partial charge in [-0.05, 0) is 44.2 Å². The molecule has 1 aliphatic heterocycles. The number of benzene rings is 1. The Hall–Kier alpha value is -3.44. The molecule has 0 spiro atoms. The summed E-state index contributed by atoms with van der Waals surface area (Å²) in [6, 6.07) is 12.0. The van der Waals surface area contributed by atoms with Crippen LogP contribution in [0.2, 0.25) is 0 Å². The molecule has 3 heterocycles. The molecular formula is C23H26N4O6S. The van der Waals surface area contributed by atoms with Crippen molar-refractivity contribution in [2.24, 2.45) is 4.99 Å². The van der Waals surface area contributed by atoms with Crippen molar-refractivity contribution in [1.29, 1.82) is 0 Å². The molecule has 1 N–H and O–H groups in total. The van der Waals surface area contributed by atoms with Crippen LogP contribution in [0.15, 0.2) is 52.5 Å². The first kappa shape index (κ1) is 23.7. The maximum Gasteiger partial charge on any atom is 0.238 e. The first-order chi connectivity index (χ1) is 16.2. The van der Waals surface area contributed by atoms with Gasteiger partial charge in [-0.15, -0.1) is 10.2 Å². The molecule has 2 atom stereocenters. The first-order valence-electron chi connectivity index (χ1n) is 10.6. The molecule has 4 rings (SSSR count). The third kappa shape index (κ3) is 5.72. The van der Waals surface area contributed by atoms with Crippen molar-refractivity contribution in [3.05, 3.63) is 48.2 Å². The standard InChI is InChI=1S/C23H26N4O6S/c1-14-12-24-23(32-14)20-6-5-19(25-20)16-9-17(31-15(2)13-30-3)11-18(10-16)33-21-7-8-22(27-26-21)34(4,28)29/h5-11,14-15,25H,12-13H2,1-4H3/t14-,15-/m0/s1. The predicted molar refractivity (Wildman–Crippen MR) is 125 cm³/mol. The van der Waals surface area contributed by atoms with Gasteiger partial charge in [-0.25, -0.2) is 13.4 Å². The fraction of sp³-hybridized carbons (Fsp3) is 0.348. The summed E-state index contributed by atoms with van der Waals surface area (Å²) in [6.07, 6.45) is 0.930. The molecule has 11 heteroatoms. The Morgan fingerprint density at radius 3 is 2.53 bits per heavy atom. The van der Waals surface area contributed by atoms with Crippen molar-refractivity contribution in [3.8, 4) is 28.6 Å². The average molecular weight is 487 g/mol. The Labute approximate surface area is 197 Å². The van der Waals surface area contributed by atoms with E-state index in [2.05, 4.69) is 20.2 Å². The fourth-order valence-corrected chi connectivity index (χ4v) is 3.85. The van der Waals surface area contributed by atoms with E-state index in [0.29, 0.717) is 30.5 Å². The molecule has 0 amide bonds. The number of nitrogens with one attached hydrogen (secondary N) is 1. The van der Waals surface area contributed by atoms with Crippen LogP contribution in [0.5, 0.6) is 17.4 Å². The zero-order valence-electron chi connectivity index (χ0n) is 19.3. The first-order valence-corrected chi connectivity index (χ1v) is 12.5. The normalized spacial score (nSPS) is 16.6. The highest BCUT2D eigenvalue weighted by molar-refractivity contribution is 7.90. The third-order valence-corrected chi connectivity index (χ3v) is 5.85. The van der Waals surface area contributed by atoms with Gasteiger partial charge in [0.1, 0.15) is 29.4 Å². The number of hydrogen-bond donors (Lipinski definition) is 1. The number of ether oxygens (including phenoxy) is 4.